The van der Waals surface area contributed by atoms with Crippen molar-refractivity contribution in [3.05, 3.63) is 52.8 Å². The maximum atomic E-state index is 14.9. The zero-order chi connectivity index (χ0) is 27.3. The van der Waals surface area contributed by atoms with Crippen molar-refractivity contribution in [1.82, 2.24) is 4.90 Å². The Morgan fingerprint density at radius 1 is 1.22 bits per heavy atom. The monoisotopic (exact) mass is 557 g/mol. The quantitative estimate of drug-likeness (QED) is 0.582. The zero-order valence-corrected chi connectivity index (χ0v) is 22.0. The number of guanidine groups is 1. The van der Waals surface area contributed by atoms with E-state index in [4.69, 9.17) is 22.1 Å². The molecule has 0 saturated heterocycles. The summed E-state index contributed by atoms with van der Waals surface area (Å²) in [6, 6.07) is 7.80. The smallest absolute Gasteiger partial charge is 0.273 e. The summed E-state index contributed by atoms with van der Waals surface area (Å²) in [6.07, 6.45) is -0.976. The average Bonchev–Trinajstić information content (AvgIpc) is 2.79. The largest absolute Gasteiger partial charge is 0.375 e. The second kappa shape index (κ2) is 9.59. The number of carbonyl (C=O) groups excluding carboxylic acids is 1. The lowest BCUT2D eigenvalue weighted by Gasteiger charge is -2.43. The number of alkyl halides is 2. The van der Waals surface area contributed by atoms with Crippen molar-refractivity contribution in [3.63, 3.8) is 0 Å². The Bertz CT molecular complexity index is 1390. The Labute approximate surface area is 218 Å². The van der Waals surface area contributed by atoms with Crippen molar-refractivity contribution < 1.29 is 31.1 Å². The van der Waals surface area contributed by atoms with Crippen molar-refractivity contribution in [2.75, 3.05) is 13.4 Å². The number of aliphatic imine (C=N–C) groups is 1. The van der Waals surface area contributed by atoms with Crippen LogP contribution in [0.15, 0.2) is 46.3 Å². The fourth-order valence-electron chi connectivity index (χ4n) is 5.06. The van der Waals surface area contributed by atoms with Gasteiger partial charge < -0.3 is 10.5 Å². The molecule has 200 valence electrons. The standard InChI is InChI=1S/C25H27ClF3N3O4S/c1-24(13-21(33)32(23(30)31-24)14-9-10-25(28,29)20(11-14)36-2)18-6-4-5-17(22(18)26)16-8-7-15(12-19(16)27)37(3,34)35/h4-8,12,14,20H,9-11,13H2,1-3H3,(H2,30,31)/t14-,20-,24+/m1/s1. The predicted molar refractivity (Wildman–Crippen MR) is 134 cm³/mol. The molecule has 3 atom stereocenters. The molecule has 37 heavy (non-hydrogen) atoms. The molecule has 2 aromatic carbocycles. The average molecular weight is 558 g/mol. The maximum Gasteiger partial charge on any atom is 0.273 e. The summed E-state index contributed by atoms with van der Waals surface area (Å²) in [4.78, 5) is 18.9. The van der Waals surface area contributed by atoms with Gasteiger partial charge in [0.05, 0.1) is 21.9 Å². The lowest BCUT2D eigenvalue weighted by molar-refractivity contribution is -0.160. The molecule has 12 heteroatoms. The topological polar surface area (TPSA) is 102 Å². The third-order valence-corrected chi connectivity index (χ3v) is 8.55. The Hall–Kier alpha value is -2.63. The molecular weight excluding hydrogens is 531 g/mol. The van der Waals surface area contributed by atoms with Crippen molar-refractivity contribution >= 4 is 33.3 Å². The van der Waals surface area contributed by atoms with Crippen molar-refractivity contribution in [3.8, 4) is 11.1 Å². The molecule has 0 bridgehead atoms. The molecule has 1 aliphatic carbocycles. The van der Waals surface area contributed by atoms with Crippen molar-refractivity contribution in [2.45, 2.75) is 61.1 Å². The van der Waals surface area contributed by atoms with Crippen LogP contribution in [0.1, 0.15) is 38.2 Å². The van der Waals surface area contributed by atoms with Crippen LogP contribution in [-0.4, -0.2) is 56.6 Å². The first kappa shape index (κ1) is 27.4. The highest BCUT2D eigenvalue weighted by Gasteiger charge is 2.49. The molecule has 0 radical (unpaired) electrons. The molecule has 0 unspecified atom stereocenters. The minimum absolute atomic E-state index is 0.0462. The summed E-state index contributed by atoms with van der Waals surface area (Å²) in [5, 5.41) is 0.130. The highest BCUT2D eigenvalue weighted by molar-refractivity contribution is 7.90. The van der Waals surface area contributed by atoms with Crippen LogP contribution in [0.4, 0.5) is 13.2 Å². The van der Waals surface area contributed by atoms with Crippen LogP contribution in [0, 0.1) is 5.82 Å². The summed E-state index contributed by atoms with van der Waals surface area (Å²) in [5.74, 6) is -4.28. The molecule has 4 rings (SSSR count). The predicted octanol–water partition coefficient (Wildman–Crippen LogP) is 4.51. The maximum absolute atomic E-state index is 14.9. The van der Waals surface area contributed by atoms with E-state index in [9.17, 15) is 26.4 Å². The van der Waals surface area contributed by atoms with Crippen molar-refractivity contribution in [2.24, 2.45) is 10.7 Å². The lowest BCUT2D eigenvalue weighted by Crippen LogP contribution is -2.57. The van der Waals surface area contributed by atoms with Crippen LogP contribution in [0.25, 0.3) is 11.1 Å². The van der Waals surface area contributed by atoms with E-state index >= 15 is 0 Å². The van der Waals surface area contributed by atoms with Crippen LogP contribution in [-0.2, 0) is 24.9 Å². The van der Waals surface area contributed by atoms with Crippen LogP contribution in [0.2, 0.25) is 5.02 Å². The lowest BCUT2D eigenvalue weighted by atomic mass is 9.84. The number of methoxy groups -OCH3 is 1. The summed E-state index contributed by atoms with van der Waals surface area (Å²) in [7, 11) is -2.40. The van der Waals surface area contributed by atoms with Gasteiger partial charge in [0, 0.05) is 43.4 Å². The highest BCUT2D eigenvalue weighted by atomic mass is 35.5. The summed E-state index contributed by atoms with van der Waals surface area (Å²) >= 11 is 6.70. The third-order valence-electron chi connectivity index (χ3n) is 7.03. The van der Waals surface area contributed by atoms with Crippen LogP contribution in [0.3, 0.4) is 0 Å². The van der Waals surface area contributed by atoms with E-state index in [1.807, 2.05) is 0 Å². The molecule has 1 amide bonds. The van der Waals surface area contributed by atoms with E-state index in [0.717, 1.165) is 12.3 Å². The first-order valence-corrected chi connectivity index (χ1v) is 13.8. The minimum Gasteiger partial charge on any atom is -0.375 e. The summed E-state index contributed by atoms with van der Waals surface area (Å²) < 4.78 is 71.7. The number of carbonyl (C=O) groups is 1. The van der Waals surface area contributed by atoms with E-state index in [0.29, 0.717) is 11.1 Å². The normalized spacial score (nSPS) is 26.2. The van der Waals surface area contributed by atoms with Crippen LogP contribution < -0.4 is 5.73 Å². The van der Waals surface area contributed by atoms with Gasteiger partial charge in [-0.1, -0.05) is 35.9 Å². The van der Waals surface area contributed by atoms with Crippen LogP contribution in [0.5, 0.6) is 0 Å². The number of amides is 1. The van der Waals surface area contributed by atoms with E-state index in [-0.39, 0.29) is 40.7 Å². The Balaban J connectivity index is 1.69. The molecule has 1 aliphatic heterocycles. The van der Waals surface area contributed by atoms with Gasteiger partial charge in [-0.3, -0.25) is 9.69 Å². The van der Waals surface area contributed by atoms with Gasteiger partial charge in [-0.05, 0) is 31.0 Å². The van der Waals surface area contributed by atoms with E-state index in [1.54, 1.807) is 25.1 Å². The van der Waals surface area contributed by atoms with Gasteiger partial charge in [0.2, 0.25) is 5.91 Å². The number of hydrogen-bond donors (Lipinski definition) is 1. The van der Waals surface area contributed by atoms with Gasteiger partial charge in [0.15, 0.2) is 15.8 Å². The van der Waals surface area contributed by atoms with Gasteiger partial charge in [0.1, 0.15) is 11.9 Å². The zero-order valence-electron chi connectivity index (χ0n) is 20.5. The second-order valence-corrected chi connectivity index (χ2v) is 12.1. The third kappa shape index (κ3) is 5.08. The number of sulfone groups is 1. The molecule has 2 N–H and O–H groups in total. The summed E-state index contributed by atoms with van der Waals surface area (Å²) in [5.41, 5.74) is 5.80. The number of ether oxygens (including phenoxy) is 1. The fraction of sp³-hybridized carbons (Fsp3) is 0.440. The first-order chi connectivity index (χ1) is 17.2. The van der Waals surface area contributed by atoms with E-state index in [1.165, 1.54) is 24.1 Å². The minimum atomic E-state index is -3.60. The van der Waals surface area contributed by atoms with Gasteiger partial charge in [0.25, 0.3) is 5.92 Å². The van der Waals surface area contributed by atoms with Gasteiger partial charge in [-0.15, -0.1) is 0 Å². The molecule has 1 saturated carbocycles. The Morgan fingerprint density at radius 2 is 1.92 bits per heavy atom. The molecule has 7 nitrogen and oxygen atoms in total. The summed E-state index contributed by atoms with van der Waals surface area (Å²) in [6.45, 7) is 1.66. The molecule has 0 aromatic heterocycles. The van der Waals surface area contributed by atoms with Gasteiger partial charge >= 0.3 is 0 Å². The Morgan fingerprint density at radius 3 is 2.51 bits per heavy atom. The van der Waals surface area contributed by atoms with Gasteiger partial charge in [-0.25, -0.2) is 26.6 Å². The molecular formula is C25H27ClF3N3O4S. The van der Waals surface area contributed by atoms with E-state index < -0.39 is 51.6 Å². The molecule has 1 heterocycles. The van der Waals surface area contributed by atoms with Crippen LogP contribution >= 0.6 is 11.6 Å². The van der Waals surface area contributed by atoms with Gasteiger partial charge in [-0.2, -0.15) is 0 Å². The Kier molecular flexibility index (Phi) is 7.11. The SMILES string of the molecule is CO[C@@H]1C[C@H](N2C(=O)C[C@@](C)(c3cccc(-c4ccc(S(C)(=O)=O)cc4F)c3Cl)N=C2N)CCC1(F)F. The second-order valence-electron chi connectivity index (χ2n) is 9.68. The number of nitrogens with two attached hydrogens (primary N) is 1. The molecule has 1 fully saturated rings. The molecule has 2 aromatic rings. The molecule has 2 aliphatic rings. The fourth-order valence-corrected chi connectivity index (χ4v) is 6.13. The van der Waals surface area contributed by atoms with E-state index in [2.05, 4.69) is 4.99 Å². The number of rotatable bonds is 5. The number of benzene rings is 2. The number of nitrogens with zero attached hydrogens (tertiary/aromatic N) is 2. The number of halogens is 4. The van der Waals surface area contributed by atoms with Crippen molar-refractivity contribution in [1.29, 1.82) is 0 Å². The highest BCUT2D eigenvalue weighted by Crippen LogP contribution is 2.44. The number of hydrogen-bond acceptors (Lipinski definition) is 6. The first-order valence-electron chi connectivity index (χ1n) is 11.5. The molecule has 0 spiro atoms.